The molecule has 0 atom stereocenters. The molecule has 2 rings (SSSR count). The highest BCUT2D eigenvalue weighted by Gasteiger charge is 2.13. The lowest BCUT2D eigenvalue weighted by Crippen LogP contribution is -2.41. The van der Waals surface area contributed by atoms with Crippen LogP contribution < -0.4 is 5.32 Å². The maximum Gasteiger partial charge on any atom is 0.120 e. The molecular formula is C7H11N3. The summed E-state index contributed by atoms with van der Waals surface area (Å²) in [6.45, 7) is 3.24. The second-order valence-electron chi connectivity index (χ2n) is 2.57. The Hall–Kier alpha value is -0.990. The van der Waals surface area contributed by atoms with Gasteiger partial charge >= 0.3 is 0 Å². The molecule has 0 aromatic rings. The standard InChI is InChI=1S/C7H11N3/c1-2-9-7-6-8-3-5-10(7)4-1/h3,6,9H,1-2,4-5H2. The third-order valence-corrected chi connectivity index (χ3v) is 1.86. The van der Waals surface area contributed by atoms with E-state index in [0.29, 0.717) is 0 Å². The van der Waals surface area contributed by atoms with Crippen LogP contribution in [0, 0.1) is 0 Å². The van der Waals surface area contributed by atoms with Crippen molar-refractivity contribution in [3.05, 3.63) is 12.0 Å². The van der Waals surface area contributed by atoms with E-state index < -0.39 is 0 Å². The normalized spacial score (nSPS) is 23.2. The van der Waals surface area contributed by atoms with Crippen molar-refractivity contribution in [2.45, 2.75) is 6.42 Å². The van der Waals surface area contributed by atoms with Crippen LogP contribution in [0.4, 0.5) is 0 Å². The van der Waals surface area contributed by atoms with Crippen LogP contribution in [-0.4, -0.2) is 30.7 Å². The molecule has 0 radical (unpaired) electrons. The monoisotopic (exact) mass is 137 g/mol. The Balaban J connectivity index is 2.14. The van der Waals surface area contributed by atoms with Crippen LogP contribution in [0.2, 0.25) is 0 Å². The van der Waals surface area contributed by atoms with E-state index in [0.717, 1.165) is 13.1 Å². The zero-order chi connectivity index (χ0) is 6.81. The molecule has 2 aliphatic heterocycles. The van der Waals surface area contributed by atoms with Crippen molar-refractivity contribution >= 4 is 6.21 Å². The topological polar surface area (TPSA) is 27.6 Å². The Labute approximate surface area is 60.4 Å². The molecule has 2 heterocycles. The average Bonchev–Trinajstić information content (AvgIpc) is 2.05. The molecular weight excluding hydrogens is 126 g/mol. The first kappa shape index (κ1) is 5.77. The van der Waals surface area contributed by atoms with Crippen LogP contribution in [0.5, 0.6) is 0 Å². The lowest BCUT2D eigenvalue weighted by atomic mass is 10.3. The molecule has 0 aliphatic carbocycles. The van der Waals surface area contributed by atoms with E-state index in [1.807, 2.05) is 12.4 Å². The van der Waals surface area contributed by atoms with E-state index in [4.69, 9.17) is 0 Å². The van der Waals surface area contributed by atoms with Crippen LogP contribution in [0.15, 0.2) is 17.0 Å². The van der Waals surface area contributed by atoms with Gasteiger partial charge in [0.1, 0.15) is 5.82 Å². The molecule has 0 amide bonds. The zero-order valence-electron chi connectivity index (χ0n) is 5.88. The van der Waals surface area contributed by atoms with Crippen molar-refractivity contribution in [3.8, 4) is 0 Å². The Bertz CT molecular complexity index is 183. The second-order valence-corrected chi connectivity index (χ2v) is 2.57. The third kappa shape index (κ3) is 0.875. The number of nitrogens with one attached hydrogen (secondary N) is 1. The largest absolute Gasteiger partial charge is 0.370 e. The average molecular weight is 137 g/mol. The van der Waals surface area contributed by atoms with Crippen LogP contribution in [0.1, 0.15) is 6.42 Å². The van der Waals surface area contributed by atoms with Crippen molar-refractivity contribution in [2.75, 3.05) is 19.6 Å². The van der Waals surface area contributed by atoms with Gasteiger partial charge in [-0.15, -0.1) is 0 Å². The molecule has 0 bridgehead atoms. The first-order valence-corrected chi connectivity index (χ1v) is 3.67. The van der Waals surface area contributed by atoms with Gasteiger partial charge in [-0.3, -0.25) is 4.99 Å². The summed E-state index contributed by atoms with van der Waals surface area (Å²) in [6.07, 6.45) is 5.07. The minimum atomic E-state index is 0.971. The van der Waals surface area contributed by atoms with Gasteiger partial charge in [-0.25, -0.2) is 0 Å². The Kier molecular flexibility index (Phi) is 1.34. The number of nitrogens with zero attached hydrogens (tertiary/aromatic N) is 2. The molecule has 1 N–H and O–H groups in total. The summed E-state index contributed by atoms with van der Waals surface area (Å²) in [4.78, 5) is 6.37. The molecule has 10 heavy (non-hydrogen) atoms. The zero-order valence-corrected chi connectivity index (χ0v) is 5.88. The summed E-state index contributed by atoms with van der Waals surface area (Å²) in [5, 5.41) is 3.29. The van der Waals surface area contributed by atoms with E-state index in [9.17, 15) is 0 Å². The SMILES string of the molecule is C1=NC=C2NCCCN2C1. The quantitative estimate of drug-likeness (QED) is 0.515. The Morgan fingerprint density at radius 1 is 1.60 bits per heavy atom. The van der Waals surface area contributed by atoms with Crippen molar-refractivity contribution in [2.24, 2.45) is 4.99 Å². The number of aliphatic imine (C=N–C) groups is 1. The number of rotatable bonds is 0. The predicted octanol–water partition coefficient (Wildman–Crippen LogP) is 0.165. The molecule has 0 saturated carbocycles. The van der Waals surface area contributed by atoms with E-state index in [-0.39, 0.29) is 0 Å². The van der Waals surface area contributed by atoms with Crippen molar-refractivity contribution in [1.29, 1.82) is 0 Å². The summed E-state index contributed by atoms with van der Waals surface area (Å²) in [7, 11) is 0. The van der Waals surface area contributed by atoms with Crippen molar-refractivity contribution < 1.29 is 0 Å². The maximum absolute atomic E-state index is 4.07. The van der Waals surface area contributed by atoms with E-state index in [1.165, 1.54) is 18.8 Å². The molecule has 54 valence electrons. The lowest BCUT2D eigenvalue weighted by molar-refractivity contribution is 0.312. The Morgan fingerprint density at radius 2 is 2.60 bits per heavy atom. The molecule has 3 heteroatoms. The van der Waals surface area contributed by atoms with Gasteiger partial charge in [-0.2, -0.15) is 0 Å². The molecule has 3 nitrogen and oxygen atoms in total. The van der Waals surface area contributed by atoms with Gasteiger partial charge in [-0.1, -0.05) is 0 Å². The molecule has 0 spiro atoms. The summed E-state index contributed by atoms with van der Waals surface area (Å²) in [5.74, 6) is 1.19. The number of hydrogen-bond acceptors (Lipinski definition) is 3. The van der Waals surface area contributed by atoms with Gasteiger partial charge in [0, 0.05) is 19.3 Å². The highest BCUT2D eigenvalue weighted by atomic mass is 15.3. The van der Waals surface area contributed by atoms with E-state index >= 15 is 0 Å². The summed E-state index contributed by atoms with van der Waals surface area (Å²) in [6, 6.07) is 0. The molecule has 2 aliphatic rings. The van der Waals surface area contributed by atoms with Gasteiger partial charge in [0.05, 0.1) is 12.7 Å². The number of hydrogen-bond donors (Lipinski definition) is 1. The summed E-state index contributed by atoms with van der Waals surface area (Å²) in [5.41, 5.74) is 0. The van der Waals surface area contributed by atoms with Crippen molar-refractivity contribution in [1.82, 2.24) is 10.2 Å². The van der Waals surface area contributed by atoms with Gasteiger partial charge in [0.15, 0.2) is 0 Å². The third-order valence-electron chi connectivity index (χ3n) is 1.86. The van der Waals surface area contributed by atoms with Gasteiger partial charge < -0.3 is 10.2 Å². The minimum Gasteiger partial charge on any atom is -0.370 e. The van der Waals surface area contributed by atoms with E-state index in [1.54, 1.807) is 0 Å². The molecule has 0 unspecified atom stereocenters. The predicted molar refractivity (Wildman–Crippen MR) is 40.8 cm³/mol. The molecule has 0 aromatic heterocycles. The van der Waals surface area contributed by atoms with Crippen LogP contribution in [0.25, 0.3) is 0 Å². The molecule has 1 saturated heterocycles. The summed E-state index contributed by atoms with van der Waals surface area (Å²) >= 11 is 0. The first-order valence-electron chi connectivity index (χ1n) is 3.67. The lowest BCUT2D eigenvalue weighted by Gasteiger charge is -2.32. The van der Waals surface area contributed by atoms with Gasteiger partial charge in [-0.05, 0) is 6.42 Å². The molecule has 0 aromatic carbocycles. The second kappa shape index (κ2) is 2.33. The van der Waals surface area contributed by atoms with Crippen LogP contribution in [0.3, 0.4) is 0 Å². The number of fused-ring (bicyclic) bond motifs is 1. The van der Waals surface area contributed by atoms with Crippen molar-refractivity contribution in [3.63, 3.8) is 0 Å². The maximum atomic E-state index is 4.07. The highest BCUT2D eigenvalue weighted by molar-refractivity contribution is 5.62. The first-order chi connectivity index (χ1) is 4.97. The summed E-state index contributed by atoms with van der Waals surface area (Å²) < 4.78 is 0. The minimum absolute atomic E-state index is 0.971. The fourth-order valence-electron chi connectivity index (χ4n) is 1.30. The fourth-order valence-corrected chi connectivity index (χ4v) is 1.30. The molecule has 1 fully saturated rings. The van der Waals surface area contributed by atoms with Gasteiger partial charge in [0.2, 0.25) is 0 Å². The van der Waals surface area contributed by atoms with E-state index in [2.05, 4.69) is 15.2 Å². The fraction of sp³-hybridized carbons (Fsp3) is 0.571. The van der Waals surface area contributed by atoms with Crippen LogP contribution in [-0.2, 0) is 0 Å². The smallest absolute Gasteiger partial charge is 0.120 e. The Morgan fingerprint density at radius 3 is 3.50 bits per heavy atom. The highest BCUT2D eigenvalue weighted by Crippen LogP contribution is 2.08. The van der Waals surface area contributed by atoms with Crippen LogP contribution >= 0.6 is 0 Å². The van der Waals surface area contributed by atoms with Gasteiger partial charge in [0.25, 0.3) is 0 Å².